The van der Waals surface area contributed by atoms with Crippen molar-refractivity contribution in [3.8, 4) is 0 Å². The van der Waals surface area contributed by atoms with Crippen molar-refractivity contribution < 1.29 is 9.53 Å². The highest BCUT2D eigenvalue weighted by molar-refractivity contribution is 5.80. The van der Waals surface area contributed by atoms with E-state index >= 15 is 0 Å². The molecule has 1 N–H and O–H groups in total. The van der Waals surface area contributed by atoms with Crippen molar-refractivity contribution in [3.63, 3.8) is 0 Å². The molecule has 0 spiro atoms. The van der Waals surface area contributed by atoms with Crippen LogP contribution in [0.4, 0.5) is 0 Å². The summed E-state index contributed by atoms with van der Waals surface area (Å²) >= 11 is 0. The zero-order valence-electron chi connectivity index (χ0n) is 14.8. The molecule has 2 aromatic rings. The van der Waals surface area contributed by atoms with Crippen LogP contribution in [0, 0.1) is 0 Å². The Morgan fingerprint density at radius 2 is 1.84 bits per heavy atom. The van der Waals surface area contributed by atoms with Crippen LogP contribution in [0.25, 0.3) is 0 Å². The van der Waals surface area contributed by atoms with Crippen LogP contribution in [0.5, 0.6) is 0 Å². The Hall–Kier alpha value is -2.17. The quantitative estimate of drug-likeness (QED) is 0.844. The van der Waals surface area contributed by atoms with Gasteiger partial charge in [0.25, 0.3) is 0 Å². The van der Waals surface area contributed by atoms with Gasteiger partial charge >= 0.3 is 0 Å². The van der Waals surface area contributed by atoms with Gasteiger partial charge < -0.3 is 10.1 Å². The van der Waals surface area contributed by atoms with Crippen LogP contribution in [-0.2, 0) is 29.1 Å². The summed E-state index contributed by atoms with van der Waals surface area (Å²) in [5, 5.41) is 2.98. The average molecular weight is 338 g/mol. The fraction of sp³-hybridized carbons (Fsp3) is 0.381. The van der Waals surface area contributed by atoms with Crippen molar-refractivity contribution >= 4 is 5.91 Å². The molecular formula is C21H26N2O2. The number of amides is 1. The molecular weight excluding hydrogens is 312 g/mol. The van der Waals surface area contributed by atoms with E-state index in [-0.39, 0.29) is 5.91 Å². The van der Waals surface area contributed by atoms with E-state index in [1.54, 1.807) is 6.92 Å². The number of ether oxygens (including phenoxy) is 1. The fourth-order valence-electron chi connectivity index (χ4n) is 3.10. The zero-order valence-corrected chi connectivity index (χ0v) is 14.8. The van der Waals surface area contributed by atoms with Gasteiger partial charge in [0, 0.05) is 26.2 Å². The molecule has 0 saturated heterocycles. The van der Waals surface area contributed by atoms with Gasteiger partial charge in [-0.1, -0.05) is 54.6 Å². The number of hydrogen-bond donors (Lipinski definition) is 1. The lowest BCUT2D eigenvalue weighted by atomic mass is 10.00. The van der Waals surface area contributed by atoms with Crippen molar-refractivity contribution in [3.05, 3.63) is 71.3 Å². The van der Waals surface area contributed by atoms with E-state index in [9.17, 15) is 4.79 Å². The average Bonchev–Trinajstić information content (AvgIpc) is 2.66. The number of nitrogens with one attached hydrogen (secondary N) is 1. The van der Waals surface area contributed by atoms with E-state index in [0.29, 0.717) is 13.2 Å². The zero-order chi connectivity index (χ0) is 17.5. The van der Waals surface area contributed by atoms with Gasteiger partial charge in [0.15, 0.2) is 0 Å². The third-order valence-electron chi connectivity index (χ3n) is 4.65. The van der Waals surface area contributed by atoms with Crippen molar-refractivity contribution in [2.75, 3.05) is 19.6 Å². The number of fused-ring (bicyclic) bond motifs is 1. The van der Waals surface area contributed by atoms with Crippen LogP contribution in [0.15, 0.2) is 54.6 Å². The lowest BCUT2D eigenvalue weighted by Gasteiger charge is -2.28. The van der Waals surface area contributed by atoms with Crippen molar-refractivity contribution in [2.24, 2.45) is 0 Å². The minimum Gasteiger partial charge on any atom is -0.364 e. The Kier molecular flexibility index (Phi) is 6.20. The molecule has 132 valence electrons. The topological polar surface area (TPSA) is 41.6 Å². The molecule has 3 rings (SSSR count). The minimum atomic E-state index is -0.442. The van der Waals surface area contributed by atoms with Crippen LogP contribution in [0.3, 0.4) is 0 Å². The lowest BCUT2D eigenvalue weighted by molar-refractivity contribution is -0.132. The number of carbonyl (C=O) groups is 1. The first-order valence-corrected chi connectivity index (χ1v) is 8.95. The molecule has 2 aromatic carbocycles. The molecule has 0 saturated carbocycles. The van der Waals surface area contributed by atoms with Crippen LogP contribution >= 0.6 is 0 Å². The first-order chi connectivity index (χ1) is 12.2. The molecule has 0 aromatic heterocycles. The second-order valence-electron chi connectivity index (χ2n) is 6.52. The minimum absolute atomic E-state index is 0.0478. The summed E-state index contributed by atoms with van der Waals surface area (Å²) in [7, 11) is 0. The molecule has 4 heteroatoms. The van der Waals surface area contributed by atoms with Crippen LogP contribution in [-0.4, -0.2) is 36.5 Å². The largest absolute Gasteiger partial charge is 0.364 e. The summed E-state index contributed by atoms with van der Waals surface area (Å²) in [5.41, 5.74) is 3.93. The van der Waals surface area contributed by atoms with Gasteiger partial charge in [0.2, 0.25) is 5.91 Å². The summed E-state index contributed by atoms with van der Waals surface area (Å²) < 4.78 is 5.65. The maximum atomic E-state index is 12.1. The van der Waals surface area contributed by atoms with E-state index in [0.717, 1.165) is 31.6 Å². The maximum absolute atomic E-state index is 12.1. The highest BCUT2D eigenvalue weighted by Gasteiger charge is 2.17. The highest BCUT2D eigenvalue weighted by atomic mass is 16.5. The molecule has 1 atom stereocenters. The Morgan fingerprint density at radius 3 is 2.64 bits per heavy atom. The van der Waals surface area contributed by atoms with E-state index in [1.807, 2.05) is 30.3 Å². The first kappa shape index (κ1) is 17.6. The predicted octanol–water partition coefficient (Wildman–Crippen LogP) is 2.77. The molecule has 0 fully saturated rings. The summed E-state index contributed by atoms with van der Waals surface area (Å²) in [6, 6.07) is 18.5. The maximum Gasteiger partial charge on any atom is 0.248 e. The van der Waals surface area contributed by atoms with Crippen LogP contribution in [0.2, 0.25) is 0 Å². The molecule has 0 aliphatic carbocycles. The lowest BCUT2D eigenvalue weighted by Crippen LogP contribution is -2.41. The van der Waals surface area contributed by atoms with Gasteiger partial charge in [-0.2, -0.15) is 0 Å². The van der Waals surface area contributed by atoms with Gasteiger partial charge in [-0.25, -0.2) is 0 Å². The third-order valence-corrected chi connectivity index (χ3v) is 4.65. The SMILES string of the molecule is CC(OCc1ccccc1)C(=O)NCCN1CCc2ccccc2C1. The molecule has 25 heavy (non-hydrogen) atoms. The van der Waals surface area contributed by atoms with E-state index in [4.69, 9.17) is 4.74 Å². The number of hydrogen-bond acceptors (Lipinski definition) is 3. The Balaban J connectivity index is 1.36. The fourth-order valence-corrected chi connectivity index (χ4v) is 3.10. The van der Waals surface area contributed by atoms with E-state index in [2.05, 4.69) is 34.5 Å². The Labute approximate surface area is 149 Å². The van der Waals surface area contributed by atoms with Gasteiger partial charge in [-0.3, -0.25) is 9.69 Å². The molecule has 1 aliphatic rings. The summed E-state index contributed by atoms with van der Waals surface area (Å²) in [4.78, 5) is 14.5. The molecule has 4 nitrogen and oxygen atoms in total. The Morgan fingerprint density at radius 1 is 1.12 bits per heavy atom. The van der Waals surface area contributed by atoms with Crippen molar-refractivity contribution in [1.82, 2.24) is 10.2 Å². The molecule has 0 radical (unpaired) electrons. The molecule has 1 unspecified atom stereocenters. The van der Waals surface area contributed by atoms with Crippen LogP contribution < -0.4 is 5.32 Å². The summed E-state index contributed by atoms with van der Waals surface area (Å²) in [6.07, 6.45) is 0.642. The smallest absolute Gasteiger partial charge is 0.248 e. The van der Waals surface area contributed by atoms with Crippen molar-refractivity contribution in [2.45, 2.75) is 32.6 Å². The predicted molar refractivity (Wildman–Crippen MR) is 99.1 cm³/mol. The van der Waals surface area contributed by atoms with E-state index < -0.39 is 6.10 Å². The molecule has 1 aliphatic heterocycles. The van der Waals surface area contributed by atoms with Crippen molar-refractivity contribution in [1.29, 1.82) is 0 Å². The second kappa shape index (κ2) is 8.79. The monoisotopic (exact) mass is 338 g/mol. The third kappa shape index (κ3) is 5.15. The van der Waals surface area contributed by atoms with Gasteiger partial charge in [-0.05, 0) is 30.0 Å². The molecule has 0 bridgehead atoms. The number of carbonyl (C=O) groups excluding carboxylic acids is 1. The second-order valence-corrected chi connectivity index (χ2v) is 6.52. The number of benzene rings is 2. The summed E-state index contributed by atoms with van der Waals surface area (Å²) in [5.74, 6) is -0.0478. The van der Waals surface area contributed by atoms with Gasteiger partial charge in [-0.15, -0.1) is 0 Å². The summed E-state index contributed by atoms with van der Waals surface area (Å²) in [6.45, 7) is 5.79. The van der Waals surface area contributed by atoms with Gasteiger partial charge in [0.05, 0.1) is 6.61 Å². The molecule has 1 heterocycles. The Bertz CT molecular complexity index is 687. The van der Waals surface area contributed by atoms with Gasteiger partial charge in [0.1, 0.15) is 6.10 Å². The standard InChI is InChI=1S/C21H26N2O2/c1-17(25-16-18-7-3-2-4-8-18)21(24)22-12-14-23-13-11-19-9-5-6-10-20(19)15-23/h2-10,17H,11-16H2,1H3,(H,22,24). The van der Waals surface area contributed by atoms with E-state index in [1.165, 1.54) is 11.1 Å². The number of rotatable bonds is 7. The molecule has 1 amide bonds. The first-order valence-electron chi connectivity index (χ1n) is 8.95. The highest BCUT2D eigenvalue weighted by Crippen LogP contribution is 2.17. The normalized spacial score (nSPS) is 15.4. The van der Waals surface area contributed by atoms with Crippen LogP contribution in [0.1, 0.15) is 23.6 Å². The number of nitrogens with zero attached hydrogens (tertiary/aromatic N) is 1.